The van der Waals surface area contributed by atoms with Crippen LogP contribution in [0.4, 0.5) is 4.39 Å². The van der Waals surface area contributed by atoms with Gasteiger partial charge in [-0.15, -0.1) is 0 Å². The number of carbonyl (C=O) groups is 1. The number of halogens is 1. The van der Waals surface area contributed by atoms with E-state index in [1.54, 1.807) is 13.1 Å². The summed E-state index contributed by atoms with van der Waals surface area (Å²) in [5, 5.41) is 5.93. The number of carbonyl (C=O) groups excluding carboxylic acids is 1. The molecular weight excluding hydrogens is 233 g/mol. The first-order chi connectivity index (χ1) is 8.40. The van der Waals surface area contributed by atoms with Crippen LogP contribution in [0, 0.1) is 5.82 Å². The largest absolute Gasteiger partial charge is 0.353 e. The van der Waals surface area contributed by atoms with E-state index in [-0.39, 0.29) is 29.8 Å². The van der Waals surface area contributed by atoms with Gasteiger partial charge in [0.1, 0.15) is 5.82 Å². The summed E-state index contributed by atoms with van der Waals surface area (Å²) in [6.45, 7) is 7.46. The minimum Gasteiger partial charge on any atom is -0.353 e. The van der Waals surface area contributed by atoms with E-state index in [1.165, 1.54) is 6.07 Å². The van der Waals surface area contributed by atoms with Crippen LogP contribution in [0.1, 0.15) is 39.3 Å². The molecule has 4 nitrogen and oxygen atoms in total. The molecule has 0 aliphatic heterocycles. The Bertz CT molecular complexity index is 409. The highest BCUT2D eigenvalue weighted by Gasteiger charge is 2.17. The lowest BCUT2D eigenvalue weighted by Gasteiger charge is -2.20. The monoisotopic (exact) mass is 253 g/mol. The molecule has 5 heteroatoms. The van der Waals surface area contributed by atoms with E-state index < -0.39 is 0 Å². The third-order valence-corrected chi connectivity index (χ3v) is 2.55. The summed E-state index contributed by atoms with van der Waals surface area (Å²) in [4.78, 5) is 15.5. The molecule has 0 saturated carbocycles. The second-order valence-corrected chi connectivity index (χ2v) is 4.71. The molecule has 2 unspecified atom stereocenters. The molecule has 1 amide bonds. The highest BCUT2D eigenvalue weighted by molar-refractivity contribution is 5.81. The first-order valence-electron chi connectivity index (χ1n) is 6.07. The zero-order valence-electron chi connectivity index (χ0n) is 11.2. The van der Waals surface area contributed by atoms with E-state index in [0.29, 0.717) is 0 Å². The lowest BCUT2D eigenvalue weighted by Crippen LogP contribution is -2.45. The second kappa shape index (κ2) is 6.44. The Balaban J connectivity index is 2.59. The maximum absolute atomic E-state index is 13.0. The van der Waals surface area contributed by atoms with Gasteiger partial charge in [-0.3, -0.25) is 15.1 Å². The number of nitrogens with zero attached hydrogens (tertiary/aromatic N) is 1. The summed E-state index contributed by atoms with van der Waals surface area (Å²) in [5.74, 6) is -0.443. The van der Waals surface area contributed by atoms with Gasteiger partial charge < -0.3 is 5.32 Å². The fraction of sp³-hybridized carbons (Fsp3) is 0.538. The molecule has 1 aromatic heterocycles. The Morgan fingerprint density at radius 3 is 2.50 bits per heavy atom. The predicted molar refractivity (Wildman–Crippen MR) is 68.5 cm³/mol. The average molecular weight is 253 g/mol. The lowest BCUT2D eigenvalue weighted by atomic mass is 10.1. The first-order valence-corrected chi connectivity index (χ1v) is 6.07. The standard InChI is InChI=1S/C13H20FN3O/c1-8(2)16-13(18)10(4)17-9(3)11-5-12(14)7-15-6-11/h5-10,17H,1-4H3,(H,16,18). The molecule has 0 aromatic carbocycles. The van der Waals surface area contributed by atoms with Crippen molar-refractivity contribution in [3.8, 4) is 0 Å². The maximum atomic E-state index is 13.0. The van der Waals surface area contributed by atoms with Crippen molar-refractivity contribution < 1.29 is 9.18 Å². The summed E-state index contributed by atoms with van der Waals surface area (Å²) in [6, 6.07) is 1.04. The van der Waals surface area contributed by atoms with Crippen LogP contribution in [0.5, 0.6) is 0 Å². The third-order valence-electron chi connectivity index (χ3n) is 2.55. The SMILES string of the molecule is CC(C)NC(=O)C(C)NC(C)c1cncc(F)c1. The molecule has 0 spiro atoms. The quantitative estimate of drug-likeness (QED) is 0.841. The molecule has 1 aromatic rings. The first kappa shape index (κ1) is 14.6. The van der Waals surface area contributed by atoms with Gasteiger partial charge in [-0.2, -0.15) is 0 Å². The van der Waals surface area contributed by atoms with Crippen molar-refractivity contribution in [3.05, 3.63) is 29.8 Å². The molecule has 0 bridgehead atoms. The zero-order chi connectivity index (χ0) is 13.7. The smallest absolute Gasteiger partial charge is 0.237 e. The number of hydrogen-bond donors (Lipinski definition) is 2. The van der Waals surface area contributed by atoms with Crippen molar-refractivity contribution >= 4 is 5.91 Å². The van der Waals surface area contributed by atoms with Gasteiger partial charge in [0.25, 0.3) is 0 Å². The third kappa shape index (κ3) is 4.41. The maximum Gasteiger partial charge on any atom is 0.237 e. The van der Waals surface area contributed by atoms with Crippen molar-refractivity contribution in [1.82, 2.24) is 15.6 Å². The van der Waals surface area contributed by atoms with Crippen molar-refractivity contribution in [2.75, 3.05) is 0 Å². The molecule has 18 heavy (non-hydrogen) atoms. The number of aromatic nitrogens is 1. The van der Waals surface area contributed by atoms with E-state index in [4.69, 9.17) is 0 Å². The van der Waals surface area contributed by atoms with Crippen LogP contribution in [0.15, 0.2) is 18.5 Å². The zero-order valence-corrected chi connectivity index (χ0v) is 11.2. The van der Waals surface area contributed by atoms with Crippen LogP contribution in [-0.2, 0) is 4.79 Å². The number of amides is 1. The number of nitrogens with one attached hydrogen (secondary N) is 2. The number of hydrogen-bond acceptors (Lipinski definition) is 3. The van der Waals surface area contributed by atoms with Gasteiger partial charge >= 0.3 is 0 Å². The van der Waals surface area contributed by atoms with E-state index in [0.717, 1.165) is 11.8 Å². The number of rotatable bonds is 5. The summed E-state index contributed by atoms with van der Waals surface area (Å²) >= 11 is 0. The Labute approximate surface area is 107 Å². The van der Waals surface area contributed by atoms with Crippen molar-refractivity contribution in [2.24, 2.45) is 0 Å². The van der Waals surface area contributed by atoms with Crippen LogP contribution in [0.2, 0.25) is 0 Å². The van der Waals surface area contributed by atoms with Gasteiger partial charge in [-0.1, -0.05) is 0 Å². The van der Waals surface area contributed by atoms with Crippen LogP contribution in [0.25, 0.3) is 0 Å². The molecule has 0 radical (unpaired) electrons. The van der Waals surface area contributed by atoms with E-state index in [1.807, 2.05) is 20.8 Å². The predicted octanol–water partition coefficient (Wildman–Crippen LogP) is 1.78. The summed E-state index contributed by atoms with van der Waals surface area (Å²) in [7, 11) is 0. The van der Waals surface area contributed by atoms with Gasteiger partial charge in [0, 0.05) is 18.3 Å². The molecular formula is C13H20FN3O. The van der Waals surface area contributed by atoms with Crippen LogP contribution >= 0.6 is 0 Å². The molecule has 1 heterocycles. The number of pyridine rings is 1. The van der Waals surface area contributed by atoms with Crippen molar-refractivity contribution in [1.29, 1.82) is 0 Å². The van der Waals surface area contributed by atoms with Crippen molar-refractivity contribution in [2.45, 2.75) is 45.8 Å². The van der Waals surface area contributed by atoms with Crippen LogP contribution < -0.4 is 10.6 Å². The van der Waals surface area contributed by atoms with Crippen molar-refractivity contribution in [3.63, 3.8) is 0 Å². The van der Waals surface area contributed by atoms with Crippen LogP contribution in [0.3, 0.4) is 0 Å². The van der Waals surface area contributed by atoms with Gasteiger partial charge in [-0.05, 0) is 39.3 Å². The highest BCUT2D eigenvalue weighted by Crippen LogP contribution is 2.12. The summed E-state index contributed by atoms with van der Waals surface area (Å²) in [5.41, 5.74) is 0.721. The van der Waals surface area contributed by atoms with E-state index in [2.05, 4.69) is 15.6 Å². The Morgan fingerprint density at radius 1 is 1.28 bits per heavy atom. The Kier molecular flexibility index (Phi) is 5.22. The fourth-order valence-electron chi connectivity index (χ4n) is 1.62. The Morgan fingerprint density at radius 2 is 1.94 bits per heavy atom. The average Bonchev–Trinajstić information content (AvgIpc) is 2.27. The van der Waals surface area contributed by atoms with Crippen LogP contribution in [-0.4, -0.2) is 23.0 Å². The van der Waals surface area contributed by atoms with E-state index >= 15 is 0 Å². The van der Waals surface area contributed by atoms with Gasteiger partial charge in [0.15, 0.2) is 0 Å². The minimum atomic E-state index is -0.375. The normalized spacial score (nSPS) is 14.3. The second-order valence-electron chi connectivity index (χ2n) is 4.71. The molecule has 0 aliphatic carbocycles. The van der Waals surface area contributed by atoms with E-state index in [9.17, 15) is 9.18 Å². The van der Waals surface area contributed by atoms with Gasteiger partial charge in [-0.25, -0.2) is 4.39 Å². The Hall–Kier alpha value is -1.49. The summed E-state index contributed by atoms with van der Waals surface area (Å²) < 4.78 is 13.0. The summed E-state index contributed by atoms with van der Waals surface area (Å²) in [6.07, 6.45) is 2.75. The molecule has 0 aliphatic rings. The molecule has 0 saturated heterocycles. The van der Waals surface area contributed by atoms with Gasteiger partial charge in [0.2, 0.25) is 5.91 Å². The molecule has 2 N–H and O–H groups in total. The molecule has 1 rings (SSSR count). The lowest BCUT2D eigenvalue weighted by molar-refractivity contribution is -0.123. The molecule has 2 atom stereocenters. The molecule has 100 valence electrons. The van der Waals surface area contributed by atoms with Gasteiger partial charge in [0.05, 0.1) is 12.2 Å². The highest BCUT2D eigenvalue weighted by atomic mass is 19.1. The fourth-order valence-corrected chi connectivity index (χ4v) is 1.62. The minimum absolute atomic E-state index is 0.0683. The topological polar surface area (TPSA) is 54.0 Å². The molecule has 0 fully saturated rings.